The Morgan fingerprint density at radius 2 is 1.86 bits per heavy atom. The van der Waals surface area contributed by atoms with Crippen LogP contribution in [0.2, 0.25) is 0 Å². The first-order valence-electron chi connectivity index (χ1n) is 7.50. The highest BCUT2D eigenvalue weighted by Gasteiger charge is 2.08. The summed E-state index contributed by atoms with van der Waals surface area (Å²) in [5, 5.41) is 3.39. The molecule has 0 unspecified atom stereocenters. The van der Waals surface area contributed by atoms with Gasteiger partial charge in [-0.2, -0.15) is 0 Å². The summed E-state index contributed by atoms with van der Waals surface area (Å²) in [4.78, 5) is 4.27. The molecule has 0 bridgehead atoms. The van der Waals surface area contributed by atoms with E-state index in [9.17, 15) is 0 Å². The van der Waals surface area contributed by atoms with Crippen LogP contribution in [0.15, 0.2) is 42.7 Å². The standard InChI is InChI=1S/C18H24N2O/c1-13(2)17-7-5-6-8-18(17)21-16-9-15(10-19-12-16)11-20-14(3)4/h5-10,12-14,20H,11H2,1-4H3. The van der Waals surface area contributed by atoms with Gasteiger partial charge in [-0.25, -0.2) is 0 Å². The smallest absolute Gasteiger partial charge is 0.146 e. The fourth-order valence-corrected chi connectivity index (χ4v) is 2.12. The highest BCUT2D eigenvalue weighted by molar-refractivity contribution is 5.39. The summed E-state index contributed by atoms with van der Waals surface area (Å²) in [5.41, 5.74) is 2.34. The molecular weight excluding hydrogens is 260 g/mol. The second-order valence-electron chi connectivity index (χ2n) is 5.86. The van der Waals surface area contributed by atoms with Crippen molar-refractivity contribution in [1.29, 1.82) is 0 Å². The molecule has 0 fully saturated rings. The zero-order chi connectivity index (χ0) is 15.2. The van der Waals surface area contributed by atoms with E-state index >= 15 is 0 Å². The molecule has 0 radical (unpaired) electrons. The largest absolute Gasteiger partial charge is 0.455 e. The first kappa shape index (κ1) is 15.5. The highest BCUT2D eigenvalue weighted by atomic mass is 16.5. The van der Waals surface area contributed by atoms with Crippen LogP contribution in [0.5, 0.6) is 11.5 Å². The lowest BCUT2D eigenvalue weighted by atomic mass is 10.0. The lowest BCUT2D eigenvalue weighted by molar-refractivity contribution is 0.469. The monoisotopic (exact) mass is 284 g/mol. The number of aromatic nitrogens is 1. The van der Waals surface area contributed by atoms with Crippen LogP contribution in [0.1, 0.15) is 44.7 Å². The van der Waals surface area contributed by atoms with Gasteiger partial charge < -0.3 is 10.1 Å². The summed E-state index contributed by atoms with van der Waals surface area (Å²) >= 11 is 0. The van der Waals surface area contributed by atoms with Crippen LogP contribution < -0.4 is 10.1 Å². The Morgan fingerprint density at radius 3 is 2.57 bits per heavy atom. The maximum absolute atomic E-state index is 6.03. The average Bonchev–Trinajstić information content (AvgIpc) is 2.46. The minimum atomic E-state index is 0.431. The summed E-state index contributed by atoms with van der Waals surface area (Å²) in [6.45, 7) is 9.40. The van der Waals surface area contributed by atoms with Crippen LogP contribution in [0, 0.1) is 0 Å². The number of hydrogen-bond donors (Lipinski definition) is 1. The van der Waals surface area contributed by atoms with E-state index in [1.165, 1.54) is 5.56 Å². The molecule has 0 atom stereocenters. The number of nitrogens with one attached hydrogen (secondary N) is 1. The Bertz CT molecular complexity index is 579. The van der Waals surface area contributed by atoms with Gasteiger partial charge in [-0.15, -0.1) is 0 Å². The number of nitrogens with zero attached hydrogens (tertiary/aromatic N) is 1. The summed E-state index contributed by atoms with van der Waals surface area (Å²) in [5.74, 6) is 2.12. The second-order valence-corrected chi connectivity index (χ2v) is 5.86. The molecule has 0 aliphatic carbocycles. The van der Waals surface area contributed by atoms with Crippen molar-refractivity contribution in [1.82, 2.24) is 10.3 Å². The van der Waals surface area contributed by atoms with Gasteiger partial charge in [-0.1, -0.05) is 45.9 Å². The first-order chi connectivity index (χ1) is 10.1. The third-order valence-corrected chi connectivity index (χ3v) is 3.25. The van der Waals surface area contributed by atoms with E-state index < -0.39 is 0 Å². The summed E-state index contributed by atoms with van der Waals surface area (Å²) in [6, 6.07) is 10.7. The molecule has 112 valence electrons. The van der Waals surface area contributed by atoms with Crippen LogP contribution in [0.3, 0.4) is 0 Å². The van der Waals surface area contributed by atoms with Crippen molar-refractivity contribution in [3.05, 3.63) is 53.9 Å². The van der Waals surface area contributed by atoms with Gasteiger partial charge in [0.15, 0.2) is 0 Å². The van der Waals surface area contributed by atoms with Gasteiger partial charge in [0.25, 0.3) is 0 Å². The zero-order valence-corrected chi connectivity index (χ0v) is 13.3. The summed E-state index contributed by atoms with van der Waals surface area (Å²) in [6.07, 6.45) is 3.63. The number of rotatable bonds is 6. The maximum atomic E-state index is 6.03. The van der Waals surface area contributed by atoms with E-state index in [4.69, 9.17) is 4.74 Å². The van der Waals surface area contributed by atoms with Gasteiger partial charge in [0.05, 0.1) is 6.20 Å². The Balaban J connectivity index is 2.15. The van der Waals surface area contributed by atoms with E-state index in [-0.39, 0.29) is 0 Å². The maximum Gasteiger partial charge on any atom is 0.146 e. The molecule has 1 aromatic heterocycles. The molecule has 0 amide bonds. The second kappa shape index (κ2) is 7.23. The zero-order valence-electron chi connectivity index (χ0n) is 13.3. The number of para-hydroxylation sites is 1. The minimum absolute atomic E-state index is 0.431. The summed E-state index contributed by atoms with van der Waals surface area (Å²) in [7, 11) is 0. The Hall–Kier alpha value is -1.87. The minimum Gasteiger partial charge on any atom is -0.455 e. The molecule has 0 saturated heterocycles. The number of pyridine rings is 1. The van der Waals surface area contributed by atoms with Crippen LogP contribution in [-0.4, -0.2) is 11.0 Å². The molecule has 2 rings (SSSR count). The Morgan fingerprint density at radius 1 is 1.10 bits per heavy atom. The van der Waals surface area contributed by atoms with Crippen molar-refractivity contribution in [3.8, 4) is 11.5 Å². The predicted molar refractivity (Wildman–Crippen MR) is 86.8 cm³/mol. The lowest BCUT2D eigenvalue weighted by Gasteiger charge is -2.14. The number of hydrogen-bond acceptors (Lipinski definition) is 3. The normalized spacial score (nSPS) is 11.1. The molecule has 21 heavy (non-hydrogen) atoms. The molecule has 1 aromatic carbocycles. The number of ether oxygens (including phenoxy) is 1. The molecule has 2 aromatic rings. The molecular formula is C18H24N2O. The molecule has 1 heterocycles. The van der Waals surface area contributed by atoms with Crippen molar-refractivity contribution in [2.75, 3.05) is 0 Å². The van der Waals surface area contributed by atoms with Crippen LogP contribution >= 0.6 is 0 Å². The average molecular weight is 284 g/mol. The van der Waals surface area contributed by atoms with Crippen LogP contribution in [-0.2, 0) is 6.54 Å². The van der Waals surface area contributed by atoms with Crippen LogP contribution in [0.25, 0.3) is 0 Å². The molecule has 3 nitrogen and oxygen atoms in total. The molecule has 0 saturated carbocycles. The van der Waals surface area contributed by atoms with Gasteiger partial charge in [-0.05, 0) is 29.2 Å². The fourth-order valence-electron chi connectivity index (χ4n) is 2.12. The van der Waals surface area contributed by atoms with Crippen molar-refractivity contribution in [3.63, 3.8) is 0 Å². The third kappa shape index (κ3) is 4.57. The SMILES string of the molecule is CC(C)NCc1cncc(Oc2ccccc2C(C)C)c1. The van der Waals surface area contributed by atoms with Gasteiger partial charge in [0.1, 0.15) is 11.5 Å². The number of benzene rings is 1. The van der Waals surface area contributed by atoms with Crippen molar-refractivity contribution in [2.24, 2.45) is 0 Å². The topological polar surface area (TPSA) is 34.2 Å². The summed E-state index contributed by atoms with van der Waals surface area (Å²) < 4.78 is 6.03. The molecule has 0 aliphatic rings. The van der Waals surface area contributed by atoms with Crippen molar-refractivity contribution in [2.45, 2.75) is 46.2 Å². The molecule has 0 spiro atoms. The Labute approximate surface area is 127 Å². The lowest BCUT2D eigenvalue weighted by Crippen LogP contribution is -2.21. The van der Waals surface area contributed by atoms with E-state index in [0.29, 0.717) is 12.0 Å². The Kier molecular flexibility index (Phi) is 5.34. The van der Waals surface area contributed by atoms with Crippen molar-refractivity contribution < 1.29 is 4.74 Å². The van der Waals surface area contributed by atoms with E-state index in [1.54, 1.807) is 6.20 Å². The van der Waals surface area contributed by atoms with E-state index in [2.05, 4.69) is 44.1 Å². The van der Waals surface area contributed by atoms with E-state index in [0.717, 1.165) is 23.6 Å². The highest BCUT2D eigenvalue weighted by Crippen LogP contribution is 2.30. The molecule has 1 N–H and O–H groups in total. The van der Waals surface area contributed by atoms with Gasteiger partial charge in [0, 0.05) is 18.8 Å². The quantitative estimate of drug-likeness (QED) is 0.848. The van der Waals surface area contributed by atoms with Gasteiger partial charge in [-0.3, -0.25) is 4.98 Å². The van der Waals surface area contributed by atoms with Gasteiger partial charge >= 0.3 is 0 Å². The van der Waals surface area contributed by atoms with Gasteiger partial charge in [0.2, 0.25) is 0 Å². The van der Waals surface area contributed by atoms with Crippen molar-refractivity contribution >= 4 is 0 Å². The van der Waals surface area contributed by atoms with E-state index in [1.807, 2.05) is 30.5 Å². The fraction of sp³-hybridized carbons (Fsp3) is 0.389. The van der Waals surface area contributed by atoms with Crippen LogP contribution in [0.4, 0.5) is 0 Å². The molecule has 3 heteroatoms. The predicted octanol–water partition coefficient (Wildman–Crippen LogP) is 4.50. The third-order valence-electron chi connectivity index (χ3n) is 3.25. The molecule has 0 aliphatic heterocycles. The first-order valence-corrected chi connectivity index (χ1v) is 7.50.